The number of hydrogen-bond acceptors (Lipinski definition) is 2. The Morgan fingerprint density at radius 1 is 1.75 bits per heavy atom. The Balaban J connectivity index is 3.61. The van der Waals surface area contributed by atoms with Crippen molar-refractivity contribution in [3.05, 3.63) is 23.3 Å². The van der Waals surface area contributed by atoms with Crippen LogP contribution in [0.5, 0.6) is 0 Å². The summed E-state index contributed by atoms with van der Waals surface area (Å²) in [6, 6.07) is 0. The van der Waals surface area contributed by atoms with Crippen LogP contribution in [0.25, 0.3) is 0 Å². The number of nitrogens with two attached hydrogens (primary N) is 1. The molecule has 0 spiro atoms. The van der Waals surface area contributed by atoms with Crippen LogP contribution in [0.4, 0.5) is 4.39 Å². The van der Waals surface area contributed by atoms with E-state index in [0.29, 0.717) is 4.91 Å². The summed E-state index contributed by atoms with van der Waals surface area (Å²) in [4.78, 5) is 0.551. The van der Waals surface area contributed by atoms with Crippen molar-refractivity contribution in [2.24, 2.45) is 5.73 Å². The highest BCUT2D eigenvalue weighted by molar-refractivity contribution is 7.84. The van der Waals surface area contributed by atoms with Crippen LogP contribution in [0.2, 0.25) is 0 Å². The molecule has 0 aromatic heterocycles. The van der Waals surface area contributed by atoms with Gasteiger partial charge in [-0.3, -0.25) is 0 Å². The number of hydrogen-bond donors (Lipinski definition) is 2. The molecule has 0 unspecified atom stereocenters. The van der Waals surface area contributed by atoms with Gasteiger partial charge in [-0.1, -0.05) is 0 Å². The van der Waals surface area contributed by atoms with Crippen LogP contribution in [0.3, 0.4) is 0 Å². The SMILES string of the molecule is N/C=C\C(S)=C/CF. The van der Waals surface area contributed by atoms with Crippen molar-refractivity contribution < 1.29 is 4.39 Å². The molecule has 0 saturated carbocycles. The van der Waals surface area contributed by atoms with Crippen molar-refractivity contribution in [3.63, 3.8) is 0 Å². The van der Waals surface area contributed by atoms with E-state index in [4.69, 9.17) is 5.73 Å². The third-order valence-electron chi connectivity index (χ3n) is 0.553. The minimum atomic E-state index is -0.497. The molecule has 0 aliphatic heterocycles. The molecule has 2 N–H and O–H groups in total. The molecule has 0 amide bonds. The minimum Gasteiger partial charge on any atom is -0.405 e. The molecule has 0 aromatic rings. The lowest BCUT2D eigenvalue weighted by Crippen LogP contribution is -1.75. The standard InChI is InChI=1S/C5H8FNS/c6-3-1-5(8)2-4-7/h1-2,4,8H,3,7H2/b4-2-,5-1+. The van der Waals surface area contributed by atoms with Crippen molar-refractivity contribution >= 4 is 12.6 Å². The number of halogens is 1. The maximum absolute atomic E-state index is 11.4. The Labute approximate surface area is 53.5 Å². The molecule has 8 heavy (non-hydrogen) atoms. The second kappa shape index (κ2) is 4.71. The van der Waals surface area contributed by atoms with Gasteiger partial charge < -0.3 is 5.73 Å². The highest BCUT2D eigenvalue weighted by atomic mass is 32.1. The third-order valence-corrected chi connectivity index (χ3v) is 0.885. The molecule has 0 radical (unpaired) electrons. The van der Waals surface area contributed by atoms with Gasteiger partial charge in [-0.25, -0.2) is 4.39 Å². The van der Waals surface area contributed by atoms with E-state index in [1.165, 1.54) is 18.4 Å². The van der Waals surface area contributed by atoms with Gasteiger partial charge in [0.15, 0.2) is 0 Å². The molecule has 0 aliphatic rings. The number of rotatable bonds is 2. The quantitative estimate of drug-likeness (QED) is 0.430. The van der Waals surface area contributed by atoms with E-state index < -0.39 is 6.67 Å². The molecule has 0 aliphatic carbocycles. The lowest BCUT2D eigenvalue weighted by atomic mass is 10.5. The van der Waals surface area contributed by atoms with Crippen LogP contribution in [0.15, 0.2) is 23.3 Å². The van der Waals surface area contributed by atoms with E-state index in [1.807, 2.05) is 0 Å². The molecule has 46 valence electrons. The second-order valence-electron chi connectivity index (χ2n) is 1.14. The van der Waals surface area contributed by atoms with Crippen molar-refractivity contribution in [2.75, 3.05) is 6.67 Å². The number of allylic oxidation sites excluding steroid dienone is 2. The van der Waals surface area contributed by atoms with E-state index >= 15 is 0 Å². The van der Waals surface area contributed by atoms with Crippen LogP contribution < -0.4 is 5.73 Å². The molecule has 0 fully saturated rings. The highest BCUT2D eigenvalue weighted by Crippen LogP contribution is 1.99. The Hall–Kier alpha value is -0.440. The molecular formula is C5H8FNS. The molecular weight excluding hydrogens is 125 g/mol. The molecule has 0 heterocycles. The fourth-order valence-corrected chi connectivity index (χ4v) is 0.401. The van der Waals surface area contributed by atoms with Gasteiger partial charge in [0.2, 0.25) is 0 Å². The van der Waals surface area contributed by atoms with Crippen LogP contribution in [-0.2, 0) is 0 Å². The predicted molar refractivity (Wildman–Crippen MR) is 36.4 cm³/mol. The molecule has 0 rings (SSSR count). The van der Waals surface area contributed by atoms with E-state index in [1.54, 1.807) is 0 Å². The smallest absolute Gasteiger partial charge is 0.109 e. The maximum atomic E-state index is 11.4. The van der Waals surface area contributed by atoms with Crippen molar-refractivity contribution in [3.8, 4) is 0 Å². The summed E-state index contributed by atoms with van der Waals surface area (Å²) in [5, 5.41) is 0. The summed E-state index contributed by atoms with van der Waals surface area (Å²) in [6.07, 6.45) is 4.16. The first-order valence-corrected chi connectivity index (χ1v) is 2.59. The average Bonchev–Trinajstić information content (AvgIpc) is 1.68. The first kappa shape index (κ1) is 7.56. The van der Waals surface area contributed by atoms with Gasteiger partial charge in [0.25, 0.3) is 0 Å². The maximum Gasteiger partial charge on any atom is 0.109 e. The van der Waals surface area contributed by atoms with Crippen molar-refractivity contribution in [2.45, 2.75) is 0 Å². The molecule has 0 atom stereocenters. The van der Waals surface area contributed by atoms with Crippen LogP contribution in [-0.4, -0.2) is 6.67 Å². The highest BCUT2D eigenvalue weighted by Gasteiger charge is 1.77. The van der Waals surface area contributed by atoms with Crippen LogP contribution in [0, 0.1) is 0 Å². The Bertz CT molecular complexity index is 109. The lowest BCUT2D eigenvalue weighted by Gasteiger charge is -1.82. The third kappa shape index (κ3) is 3.74. The average molecular weight is 133 g/mol. The lowest BCUT2D eigenvalue weighted by molar-refractivity contribution is 0.561. The summed E-state index contributed by atoms with van der Waals surface area (Å²) >= 11 is 3.84. The largest absolute Gasteiger partial charge is 0.405 e. The Kier molecular flexibility index (Phi) is 4.45. The molecule has 0 saturated heterocycles. The molecule has 3 heteroatoms. The van der Waals surface area contributed by atoms with E-state index in [-0.39, 0.29) is 0 Å². The summed E-state index contributed by atoms with van der Waals surface area (Å²) in [5.41, 5.74) is 4.97. The Morgan fingerprint density at radius 2 is 2.38 bits per heavy atom. The normalized spacial score (nSPS) is 13.0. The Morgan fingerprint density at radius 3 is 2.75 bits per heavy atom. The number of thiol groups is 1. The zero-order chi connectivity index (χ0) is 6.41. The predicted octanol–water partition coefficient (Wildman–Crippen LogP) is 1.24. The van der Waals surface area contributed by atoms with E-state index in [9.17, 15) is 4.39 Å². The number of alkyl halides is 1. The van der Waals surface area contributed by atoms with Gasteiger partial charge in [0, 0.05) is 4.91 Å². The first-order valence-electron chi connectivity index (χ1n) is 2.14. The fraction of sp³-hybridized carbons (Fsp3) is 0.200. The zero-order valence-electron chi connectivity index (χ0n) is 4.34. The van der Waals surface area contributed by atoms with Gasteiger partial charge in [-0.15, -0.1) is 12.6 Å². The summed E-state index contributed by atoms with van der Waals surface area (Å²) in [6.45, 7) is -0.497. The van der Waals surface area contributed by atoms with E-state index in [2.05, 4.69) is 12.6 Å². The van der Waals surface area contributed by atoms with Gasteiger partial charge in [-0.05, 0) is 18.4 Å². The van der Waals surface area contributed by atoms with Crippen LogP contribution in [0.1, 0.15) is 0 Å². The van der Waals surface area contributed by atoms with Crippen LogP contribution >= 0.6 is 12.6 Å². The second-order valence-corrected chi connectivity index (χ2v) is 1.66. The molecule has 0 bridgehead atoms. The van der Waals surface area contributed by atoms with Gasteiger partial charge in [0.05, 0.1) is 0 Å². The van der Waals surface area contributed by atoms with Gasteiger partial charge >= 0.3 is 0 Å². The summed E-state index contributed by atoms with van der Waals surface area (Å²) in [7, 11) is 0. The molecule has 1 nitrogen and oxygen atoms in total. The minimum absolute atomic E-state index is 0.497. The zero-order valence-corrected chi connectivity index (χ0v) is 5.24. The van der Waals surface area contributed by atoms with Crippen molar-refractivity contribution in [1.29, 1.82) is 0 Å². The topological polar surface area (TPSA) is 26.0 Å². The van der Waals surface area contributed by atoms with Gasteiger partial charge in [-0.2, -0.15) is 0 Å². The fourth-order valence-electron chi connectivity index (χ4n) is 0.246. The van der Waals surface area contributed by atoms with Gasteiger partial charge in [0.1, 0.15) is 6.67 Å². The van der Waals surface area contributed by atoms with Crippen molar-refractivity contribution in [1.82, 2.24) is 0 Å². The first-order chi connectivity index (χ1) is 3.81. The summed E-state index contributed by atoms with van der Waals surface area (Å²) in [5.74, 6) is 0. The van der Waals surface area contributed by atoms with E-state index in [0.717, 1.165) is 0 Å². The summed E-state index contributed by atoms with van der Waals surface area (Å²) < 4.78 is 11.4. The molecule has 0 aromatic carbocycles. The monoisotopic (exact) mass is 133 g/mol.